The molecule has 1 aromatic heterocycles. The molecule has 3 amide bonds. The van der Waals surface area contributed by atoms with Gasteiger partial charge in [0, 0.05) is 24.7 Å². The van der Waals surface area contributed by atoms with Crippen molar-refractivity contribution in [1.82, 2.24) is 25.9 Å². The van der Waals surface area contributed by atoms with E-state index in [4.69, 9.17) is 15.9 Å². The second-order valence-corrected chi connectivity index (χ2v) is 8.14. The van der Waals surface area contributed by atoms with Crippen molar-refractivity contribution in [1.29, 1.82) is 0 Å². The average Bonchev–Trinajstić information content (AvgIpc) is 3.22. The monoisotopic (exact) mass is 468 g/mol. The van der Waals surface area contributed by atoms with E-state index in [9.17, 15) is 24.0 Å². The minimum Gasteiger partial charge on any atom is -0.481 e. The predicted molar refractivity (Wildman–Crippen MR) is 116 cm³/mol. The molecule has 13 nitrogen and oxygen atoms in total. The molecule has 4 atom stereocenters. The van der Waals surface area contributed by atoms with Crippen LogP contribution in [0, 0.1) is 5.92 Å². The summed E-state index contributed by atoms with van der Waals surface area (Å²) in [4.78, 5) is 66.6. The molecule has 0 aliphatic heterocycles. The molecule has 1 aromatic rings. The number of carbonyl (C=O) groups excluding carboxylic acids is 3. The number of nitrogens with one attached hydrogen (secondary N) is 4. The molecule has 8 N–H and O–H groups in total. The molecule has 0 aromatic carbocycles. The molecule has 0 bridgehead atoms. The normalized spacial score (nSPS) is 14.6. The largest absolute Gasteiger partial charge is 0.481 e. The molecule has 33 heavy (non-hydrogen) atoms. The maximum absolute atomic E-state index is 12.9. The van der Waals surface area contributed by atoms with Gasteiger partial charge in [-0.3, -0.25) is 24.0 Å². The summed E-state index contributed by atoms with van der Waals surface area (Å²) in [5.74, 6) is -4.60. The number of imidazole rings is 1. The highest BCUT2D eigenvalue weighted by molar-refractivity contribution is 5.94. The van der Waals surface area contributed by atoms with Gasteiger partial charge in [0.2, 0.25) is 17.7 Å². The van der Waals surface area contributed by atoms with Crippen LogP contribution in [0.3, 0.4) is 0 Å². The van der Waals surface area contributed by atoms with Crippen LogP contribution in [0.5, 0.6) is 0 Å². The Hall–Kier alpha value is -3.48. The number of carboxylic acids is 2. The van der Waals surface area contributed by atoms with Gasteiger partial charge in [-0.15, -0.1) is 0 Å². The number of hydrogen-bond donors (Lipinski definition) is 7. The van der Waals surface area contributed by atoms with Crippen LogP contribution in [0.1, 0.15) is 45.7 Å². The summed E-state index contributed by atoms with van der Waals surface area (Å²) >= 11 is 0. The fourth-order valence-electron chi connectivity index (χ4n) is 2.89. The number of carboxylic acid groups (broad SMARTS) is 2. The van der Waals surface area contributed by atoms with Crippen molar-refractivity contribution in [2.45, 2.75) is 70.6 Å². The summed E-state index contributed by atoms with van der Waals surface area (Å²) < 4.78 is 0. The molecule has 0 fully saturated rings. The third-order valence-corrected chi connectivity index (χ3v) is 4.68. The lowest BCUT2D eigenvalue weighted by molar-refractivity contribution is -0.142. The van der Waals surface area contributed by atoms with Crippen LogP contribution in [0.25, 0.3) is 0 Å². The first-order valence-electron chi connectivity index (χ1n) is 10.5. The molecule has 13 heteroatoms. The predicted octanol–water partition coefficient (Wildman–Crippen LogP) is -1.25. The standard InChI is InChI=1S/C20H32N6O7/c1-10(2)6-15(19(31)24-11(3)20(32)33)26-18(30)14(4-5-16(27)28)25-17(29)13(21)7-12-8-22-9-23-12/h8-11,13-15H,4-7,21H2,1-3H3,(H,22,23)(H,24,31)(H,25,29)(H,26,30)(H,27,28)(H,32,33). The molecule has 0 radical (unpaired) electrons. The smallest absolute Gasteiger partial charge is 0.325 e. The number of aromatic amines is 1. The maximum atomic E-state index is 12.9. The number of aliphatic carboxylic acids is 2. The number of aromatic nitrogens is 2. The van der Waals surface area contributed by atoms with Gasteiger partial charge in [-0.25, -0.2) is 4.98 Å². The Labute approximate surface area is 190 Å². The van der Waals surface area contributed by atoms with Crippen LogP contribution in [-0.2, 0) is 30.4 Å². The Kier molecular flexibility index (Phi) is 11.0. The lowest BCUT2D eigenvalue weighted by Gasteiger charge is -2.25. The van der Waals surface area contributed by atoms with Gasteiger partial charge in [0.05, 0.1) is 12.4 Å². The summed E-state index contributed by atoms with van der Waals surface area (Å²) in [6.07, 6.45) is 2.59. The molecule has 0 saturated carbocycles. The van der Waals surface area contributed by atoms with E-state index >= 15 is 0 Å². The lowest BCUT2D eigenvalue weighted by atomic mass is 10.0. The zero-order valence-electron chi connectivity index (χ0n) is 18.8. The van der Waals surface area contributed by atoms with Crippen LogP contribution in [-0.4, -0.2) is 74.0 Å². The molecular formula is C20H32N6O7. The molecular weight excluding hydrogens is 436 g/mol. The van der Waals surface area contributed by atoms with Crippen molar-refractivity contribution >= 4 is 29.7 Å². The van der Waals surface area contributed by atoms with Crippen molar-refractivity contribution < 1.29 is 34.2 Å². The Morgan fingerprint density at radius 3 is 2.12 bits per heavy atom. The number of amides is 3. The SMILES string of the molecule is CC(C)CC(NC(=O)C(CCC(=O)O)NC(=O)C(N)Cc1cnc[nH]1)C(=O)NC(C)C(=O)O. The Bertz CT molecular complexity index is 827. The highest BCUT2D eigenvalue weighted by atomic mass is 16.4. The van der Waals surface area contributed by atoms with Crippen LogP contribution in [0.4, 0.5) is 0 Å². The number of H-pyrrole nitrogens is 1. The quantitative estimate of drug-likeness (QED) is 0.173. The second-order valence-electron chi connectivity index (χ2n) is 8.14. The summed E-state index contributed by atoms with van der Waals surface area (Å²) in [5.41, 5.74) is 6.49. The molecule has 184 valence electrons. The van der Waals surface area contributed by atoms with Crippen LogP contribution >= 0.6 is 0 Å². The van der Waals surface area contributed by atoms with Gasteiger partial charge in [-0.2, -0.15) is 0 Å². The fraction of sp³-hybridized carbons (Fsp3) is 0.600. The van der Waals surface area contributed by atoms with E-state index in [0.29, 0.717) is 5.69 Å². The Balaban J connectivity index is 2.91. The number of nitrogens with two attached hydrogens (primary N) is 1. The molecule has 0 aliphatic rings. The topological polar surface area (TPSA) is 217 Å². The molecule has 4 unspecified atom stereocenters. The van der Waals surface area contributed by atoms with E-state index in [0.717, 1.165) is 0 Å². The van der Waals surface area contributed by atoms with Gasteiger partial charge >= 0.3 is 11.9 Å². The summed E-state index contributed by atoms with van der Waals surface area (Å²) in [6, 6.07) is -4.55. The van der Waals surface area contributed by atoms with Crippen LogP contribution < -0.4 is 21.7 Å². The van der Waals surface area contributed by atoms with Crippen LogP contribution in [0.15, 0.2) is 12.5 Å². The highest BCUT2D eigenvalue weighted by Crippen LogP contribution is 2.08. The maximum Gasteiger partial charge on any atom is 0.325 e. The Morgan fingerprint density at radius 1 is 1.00 bits per heavy atom. The number of rotatable bonds is 14. The van der Waals surface area contributed by atoms with Gasteiger partial charge in [-0.1, -0.05) is 13.8 Å². The van der Waals surface area contributed by atoms with E-state index in [2.05, 4.69) is 25.9 Å². The highest BCUT2D eigenvalue weighted by Gasteiger charge is 2.30. The number of carbonyl (C=O) groups is 5. The van der Waals surface area contributed by atoms with E-state index in [-0.39, 0.29) is 25.2 Å². The summed E-state index contributed by atoms with van der Waals surface area (Å²) in [5, 5.41) is 25.2. The minimum absolute atomic E-state index is 0.0314. The first-order chi connectivity index (χ1) is 15.4. The van der Waals surface area contributed by atoms with E-state index < -0.39 is 60.2 Å². The zero-order valence-corrected chi connectivity index (χ0v) is 18.8. The van der Waals surface area contributed by atoms with E-state index in [1.807, 2.05) is 13.8 Å². The zero-order chi connectivity index (χ0) is 25.1. The average molecular weight is 469 g/mol. The second kappa shape index (κ2) is 13.2. The summed E-state index contributed by atoms with van der Waals surface area (Å²) in [7, 11) is 0. The van der Waals surface area contributed by atoms with Gasteiger partial charge in [0.25, 0.3) is 0 Å². The van der Waals surface area contributed by atoms with E-state index in [1.165, 1.54) is 19.4 Å². The van der Waals surface area contributed by atoms with Crippen molar-refractivity contribution in [3.63, 3.8) is 0 Å². The minimum atomic E-state index is -1.26. The fourth-order valence-corrected chi connectivity index (χ4v) is 2.89. The van der Waals surface area contributed by atoms with Crippen molar-refractivity contribution in [3.8, 4) is 0 Å². The first-order valence-corrected chi connectivity index (χ1v) is 10.5. The van der Waals surface area contributed by atoms with Gasteiger partial charge in [0.1, 0.15) is 18.1 Å². The number of nitrogens with zero attached hydrogens (tertiary/aromatic N) is 1. The number of hydrogen-bond acceptors (Lipinski definition) is 7. The first kappa shape index (κ1) is 27.6. The molecule has 0 aliphatic carbocycles. The van der Waals surface area contributed by atoms with E-state index in [1.54, 1.807) is 0 Å². The van der Waals surface area contributed by atoms with Gasteiger partial charge in [0.15, 0.2) is 0 Å². The summed E-state index contributed by atoms with van der Waals surface area (Å²) in [6.45, 7) is 4.90. The molecule has 1 rings (SSSR count). The van der Waals surface area contributed by atoms with Crippen molar-refractivity contribution in [2.75, 3.05) is 0 Å². The van der Waals surface area contributed by atoms with Crippen molar-refractivity contribution in [3.05, 3.63) is 18.2 Å². The van der Waals surface area contributed by atoms with Gasteiger partial charge in [-0.05, 0) is 25.7 Å². The lowest BCUT2D eigenvalue weighted by Crippen LogP contribution is -2.57. The third-order valence-electron chi connectivity index (χ3n) is 4.68. The van der Waals surface area contributed by atoms with Crippen molar-refractivity contribution in [2.24, 2.45) is 11.7 Å². The Morgan fingerprint density at radius 2 is 1.61 bits per heavy atom. The third kappa shape index (κ3) is 10.1. The van der Waals surface area contributed by atoms with Gasteiger partial charge < -0.3 is 36.9 Å². The molecule has 1 heterocycles. The van der Waals surface area contributed by atoms with Crippen LogP contribution in [0.2, 0.25) is 0 Å². The molecule has 0 spiro atoms. The molecule has 0 saturated heterocycles.